The number of aromatic hydroxyl groups is 1. The topological polar surface area (TPSA) is 97.0 Å². The normalized spacial score (nSPS) is 22.2. The zero-order valence-electron chi connectivity index (χ0n) is 19.7. The molecule has 2 aliphatic carbocycles. The van der Waals surface area contributed by atoms with Crippen molar-refractivity contribution in [3.63, 3.8) is 0 Å². The molecule has 184 valence electrons. The van der Waals surface area contributed by atoms with Gasteiger partial charge in [0.2, 0.25) is 0 Å². The maximum Gasteiger partial charge on any atom is 0.348 e. The third-order valence-electron chi connectivity index (χ3n) is 7.09. The SMILES string of the molecule is CC[C@@H]1CC[C@H](F)[C@H](N(c2cnc(-c3ccc(-c4nc(=O)n(C)cc4F)cc3O)nn2)C2CC2)C1. The lowest BCUT2D eigenvalue weighted by molar-refractivity contribution is 0.166. The number of alkyl halides is 1. The van der Waals surface area contributed by atoms with E-state index in [-0.39, 0.29) is 34.9 Å². The first-order chi connectivity index (χ1) is 16.9. The number of aryl methyl sites for hydroxylation is 1. The Bertz CT molecular complexity index is 1280. The number of halogens is 2. The smallest absolute Gasteiger partial charge is 0.348 e. The predicted molar refractivity (Wildman–Crippen MR) is 127 cm³/mol. The highest BCUT2D eigenvalue weighted by atomic mass is 19.1. The second kappa shape index (κ2) is 9.31. The van der Waals surface area contributed by atoms with Crippen molar-refractivity contribution in [3.8, 4) is 28.4 Å². The Morgan fingerprint density at radius 1 is 1.20 bits per heavy atom. The van der Waals surface area contributed by atoms with Crippen LogP contribution in [0.4, 0.5) is 14.6 Å². The lowest BCUT2D eigenvalue weighted by Crippen LogP contribution is -2.47. The number of nitrogens with zero attached hydrogens (tertiary/aromatic N) is 6. The van der Waals surface area contributed by atoms with Crippen LogP contribution < -0.4 is 10.6 Å². The maximum absolute atomic E-state index is 14.9. The van der Waals surface area contributed by atoms with Crippen LogP contribution in [0.3, 0.4) is 0 Å². The van der Waals surface area contributed by atoms with Gasteiger partial charge in [-0.2, -0.15) is 4.98 Å². The van der Waals surface area contributed by atoms with Crippen molar-refractivity contribution >= 4 is 5.82 Å². The minimum atomic E-state index is -0.903. The van der Waals surface area contributed by atoms with Gasteiger partial charge in [0.15, 0.2) is 17.5 Å². The van der Waals surface area contributed by atoms with Crippen LogP contribution in [0, 0.1) is 11.7 Å². The molecule has 0 bridgehead atoms. The van der Waals surface area contributed by atoms with Crippen LogP contribution in [0.25, 0.3) is 22.6 Å². The minimum Gasteiger partial charge on any atom is -0.507 e. The number of anilines is 1. The summed E-state index contributed by atoms with van der Waals surface area (Å²) in [4.78, 5) is 22.0. The van der Waals surface area contributed by atoms with E-state index in [4.69, 9.17) is 0 Å². The van der Waals surface area contributed by atoms with Crippen LogP contribution in [0.1, 0.15) is 45.4 Å². The lowest BCUT2D eigenvalue weighted by Gasteiger charge is -2.40. The average Bonchev–Trinajstić information content (AvgIpc) is 3.68. The standard InChI is InChI=1S/C25H28F2N6O2/c1-3-14-4-9-18(26)20(10-14)33(16-6-7-16)22-12-28-24(31-30-22)17-8-5-15(11-21(17)34)23-19(27)13-32(2)25(35)29-23/h5,8,11-14,16,18,20,34H,3-4,6-7,9-10H2,1-2H3/t14-,18+,20-/m1/s1. The number of aromatic nitrogens is 5. The molecule has 0 aliphatic heterocycles. The first-order valence-corrected chi connectivity index (χ1v) is 12.0. The third kappa shape index (κ3) is 4.61. The number of phenols is 1. The molecule has 10 heteroatoms. The highest BCUT2D eigenvalue weighted by Gasteiger charge is 2.41. The molecular weight excluding hydrogens is 454 g/mol. The summed E-state index contributed by atoms with van der Waals surface area (Å²) in [5.41, 5.74) is -0.195. The molecule has 0 unspecified atom stereocenters. The summed E-state index contributed by atoms with van der Waals surface area (Å²) in [6.07, 6.45) is 7.04. The molecule has 8 nitrogen and oxygen atoms in total. The van der Waals surface area contributed by atoms with Crippen LogP contribution in [0.2, 0.25) is 0 Å². The molecule has 2 fully saturated rings. The van der Waals surface area contributed by atoms with Crippen molar-refractivity contribution in [2.45, 2.75) is 63.7 Å². The quantitative estimate of drug-likeness (QED) is 0.567. The van der Waals surface area contributed by atoms with E-state index in [0.29, 0.717) is 23.7 Å². The van der Waals surface area contributed by atoms with Crippen LogP contribution >= 0.6 is 0 Å². The molecule has 0 spiro atoms. The van der Waals surface area contributed by atoms with Gasteiger partial charge in [0.05, 0.1) is 17.8 Å². The number of hydrogen-bond donors (Lipinski definition) is 1. The summed E-state index contributed by atoms with van der Waals surface area (Å²) in [6.45, 7) is 2.15. The molecule has 2 saturated carbocycles. The zero-order valence-corrected chi connectivity index (χ0v) is 19.7. The Morgan fingerprint density at radius 2 is 2.00 bits per heavy atom. The third-order valence-corrected chi connectivity index (χ3v) is 7.09. The van der Waals surface area contributed by atoms with Gasteiger partial charge in [-0.15, -0.1) is 10.2 Å². The van der Waals surface area contributed by atoms with Crippen LogP contribution in [-0.4, -0.2) is 48.1 Å². The van der Waals surface area contributed by atoms with E-state index in [1.807, 2.05) is 0 Å². The highest BCUT2D eigenvalue weighted by molar-refractivity contribution is 5.71. The van der Waals surface area contributed by atoms with E-state index in [1.54, 1.807) is 6.20 Å². The van der Waals surface area contributed by atoms with E-state index in [9.17, 15) is 18.7 Å². The molecule has 2 aromatic heterocycles. The van der Waals surface area contributed by atoms with Gasteiger partial charge in [0, 0.05) is 24.8 Å². The van der Waals surface area contributed by atoms with Crippen molar-refractivity contribution in [3.05, 3.63) is 46.9 Å². The molecule has 1 N–H and O–H groups in total. The molecular formula is C25H28F2N6O2. The Hall–Kier alpha value is -3.43. The van der Waals surface area contributed by atoms with Gasteiger partial charge in [-0.25, -0.2) is 18.6 Å². The van der Waals surface area contributed by atoms with Crippen molar-refractivity contribution < 1.29 is 13.9 Å². The van der Waals surface area contributed by atoms with Crippen LogP contribution in [0.15, 0.2) is 35.4 Å². The second-order valence-electron chi connectivity index (χ2n) is 9.51. The molecule has 35 heavy (non-hydrogen) atoms. The average molecular weight is 483 g/mol. The Kier molecular flexibility index (Phi) is 6.21. The van der Waals surface area contributed by atoms with Gasteiger partial charge >= 0.3 is 5.69 Å². The molecule has 0 amide bonds. The predicted octanol–water partition coefficient (Wildman–Crippen LogP) is 4.03. The van der Waals surface area contributed by atoms with Crippen LogP contribution in [0.5, 0.6) is 5.75 Å². The van der Waals surface area contributed by atoms with Gasteiger partial charge in [0.25, 0.3) is 0 Å². The summed E-state index contributed by atoms with van der Waals surface area (Å²) in [5, 5.41) is 19.2. The van der Waals surface area contributed by atoms with E-state index in [1.165, 1.54) is 25.2 Å². The fourth-order valence-corrected chi connectivity index (χ4v) is 4.93. The first kappa shape index (κ1) is 23.3. The molecule has 5 rings (SSSR count). The molecule has 3 aromatic rings. The van der Waals surface area contributed by atoms with E-state index in [2.05, 4.69) is 32.0 Å². The number of rotatable bonds is 6. The van der Waals surface area contributed by atoms with Gasteiger partial charge in [-0.1, -0.05) is 19.4 Å². The monoisotopic (exact) mass is 482 g/mol. The molecule has 1 aromatic carbocycles. The number of phenolic OH excluding ortho intramolecular Hbond substituents is 1. The molecule has 0 saturated heterocycles. The summed E-state index contributed by atoms with van der Waals surface area (Å²) >= 11 is 0. The first-order valence-electron chi connectivity index (χ1n) is 12.0. The summed E-state index contributed by atoms with van der Waals surface area (Å²) in [5.74, 6) is 0.370. The number of benzene rings is 1. The molecule has 0 radical (unpaired) electrons. The van der Waals surface area contributed by atoms with Crippen molar-refractivity contribution in [2.75, 3.05) is 4.90 Å². The Morgan fingerprint density at radius 3 is 2.66 bits per heavy atom. The summed E-state index contributed by atoms with van der Waals surface area (Å²) in [6, 6.07) is 4.41. The second-order valence-corrected chi connectivity index (χ2v) is 9.51. The maximum atomic E-state index is 14.9. The van der Waals surface area contributed by atoms with E-state index in [0.717, 1.165) is 42.9 Å². The van der Waals surface area contributed by atoms with Gasteiger partial charge < -0.3 is 10.0 Å². The fourth-order valence-electron chi connectivity index (χ4n) is 4.93. The van der Waals surface area contributed by atoms with Crippen molar-refractivity contribution in [1.29, 1.82) is 0 Å². The Labute approximate surface area is 201 Å². The van der Waals surface area contributed by atoms with Crippen molar-refractivity contribution in [1.82, 2.24) is 24.7 Å². The van der Waals surface area contributed by atoms with Gasteiger partial charge in [-0.3, -0.25) is 4.57 Å². The van der Waals surface area contributed by atoms with Gasteiger partial charge in [-0.05, 0) is 50.2 Å². The zero-order chi connectivity index (χ0) is 24.7. The lowest BCUT2D eigenvalue weighted by atomic mass is 9.82. The minimum absolute atomic E-state index is 0.150. The fraction of sp³-hybridized carbons (Fsp3) is 0.480. The molecule has 2 heterocycles. The largest absolute Gasteiger partial charge is 0.507 e. The Balaban J connectivity index is 1.41. The molecule has 3 atom stereocenters. The van der Waals surface area contributed by atoms with Gasteiger partial charge in [0.1, 0.15) is 17.6 Å². The van der Waals surface area contributed by atoms with Crippen LogP contribution in [-0.2, 0) is 7.05 Å². The van der Waals surface area contributed by atoms with E-state index >= 15 is 0 Å². The van der Waals surface area contributed by atoms with E-state index < -0.39 is 17.7 Å². The molecule has 2 aliphatic rings. The summed E-state index contributed by atoms with van der Waals surface area (Å²) in [7, 11) is 1.41. The summed E-state index contributed by atoms with van der Waals surface area (Å²) < 4.78 is 30.3. The van der Waals surface area contributed by atoms with Crippen molar-refractivity contribution in [2.24, 2.45) is 13.0 Å². The number of hydrogen-bond acceptors (Lipinski definition) is 7. The highest BCUT2D eigenvalue weighted by Crippen LogP contribution is 2.40.